The lowest BCUT2D eigenvalue weighted by Gasteiger charge is -2.27. The predicted molar refractivity (Wildman–Crippen MR) is 87.9 cm³/mol. The van der Waals surface area contributed by atoms with Gasteiger partial charge in [0.25, 0.3) is 0 Å². The zero-order chi connectivity index (χ0) is 16.9. The van der Waals surface area contributed by atoms with Crippen molar-refractivity contribution in [3.63, 3.8) is 0 Å². The molecule has 2 aromatic rings. The van der Waals surface area contributed by atoms with Crippen molar-refractivity contribution in [3.05, 3.63) is 71.3 Å². The molecule has 0 saturated carbocycles. The molecule has 0 aliphatic heterocycles. The Morgan fingerprint density at radius 1 is 1.12 bits per heavy atom. The van der Waals surface area contributed by atoms with Crippen LogP contribution in [0.2, 0.25) is 0 Å². The van der Waals surface area contributed by atoms with Gasteiger partial charge in [0, 0.05) is 13.0 Å². The fourth-order valence-electron chi connectivity index (χ4n) is 2.12. The van der Waals surface area contributed by atoms with E-state index in [1.807, 2.05) is 0 Å². The zero-order valence-electron chi connectivity index (χ0n) is 12.7. The highest BCUT2D eigenvalue weighted by atomic mass is 35.5. The van der Waals surface area contributed by atoms with Crippen molar-refractivity contribution in [1.29, 1.82) is 0 Å². The van der Waals surface area contributed by atoms with E-state index in [1.54, 1.807) is 30.3 Å². The van der Waals surface area contributed by atoms with Crippen LogP contribution in [0.3, 0.4) is 0 Å². The van der Waals surface area contributed by atoms with Gasteiger partial charge in [-0.15, -0.1) is 12.4 Å². The number of aliphatic hydroxyl groups is 1. The molecule has 0 aromatic heterocycles. The van der Waals surface area contributed by atoms with Crippen LogP contribution in [0.15, 0.2) is 48.5 Å². The van der Waals surface area contributed by atoms with E-state index in [0.717, 1.165) is 12.1 Å². The number of carbonyl (C=O) groups excluding carboxylic acids is 1. The number of esters is 1. The molecule has 0 radical (unpaired) electrons. The van der Waals surface area contributed by atoms with Gasteiger partial charge in [-0.25, -0.2) is 13.6 Å². The number of carbonyl (C=O) groups is 1. The first kappa shape index (κ1) is 20.0. The fraction of sp³-hybridized carbons (Fsp3) is 0.235. The summed E-state index contributed by atoms with van der Waals surface area (Å²) in [6.07, 6.45) is -0.0346. The maximum Gasteiger partial charge on any atom is 0.338 e. The summed E-state index contributed by atoms with van der Waals surface area (Å²) in [5, 5.41) is 10.5. The van der Waals surface area contributed by atoms with Crippen LogP contribution >= 0.6 is 12.4 Å². The Hall–Kier alpha value is -2.02. The molecule has 1 atom stereocenters. The van der Waals surface area contributed by atoms with Gasteiger partial charge >= 0.3 is 5.97 Å². The minimum Gasteiger partial charge on any atom is -0.462 e. The van der Waals surface area contributed by atoms with Crippen LogP contribution < -0.4 is 5.73 Å². The van der Waals surface area contributed by atoms with Crippen LogP contribution in [0.5, 0.6) is 0 Å². The normalized spacial score (nSPS) is 12.8. The molecule has 2 rings (SSSR count). The first-order valence-corrected chi connectivity index (χ1v) is 7.06. The van der Waals surface area contributed by atoms with Gasteiger partial charge in [-0.3, -0.25) is 0 Å². The van der Waals surface area contributed by atoms with Crippen LogP contribution in [-0.4, -0.2) is 24.2 Å². The number of benzene rings is 2. The van der Waals surface area contributed by atoms with E-state index < -0.39 is 23.2 Å². The van der Waals surface area contributed by atoms with Crippen molar-refractivity contribution in [2.24, 2.45) is 5.73 Å². The second-order valence-electron chi connectivity index (χ2n) is 5.12. The van der Waals surface area contributed by atoms with Gasteiger partial charge in [-0.2, -0.15) is 0 Å². The Balaban J connectivity index is 0.00000288. The zero-order valence-corrected chi connectivity index (χ0v) is 13.6. The van der Waals surface area contributed by atoms with Gasteiger partial charge in [0.1, 0.15) is 5.60 Å². The number of rotatable bonds is 6. The molecule has 0 amide bonds. The minimum absolute atomic E-state index is 0. The molecule has 0 spiro atoms. The van der Waals surface area contributed by atoms with Crippen molar-refractivity contribution in [2.45, 2.75) is 12.0 Å². The maximum atomic E-state index is 13.3. The summed E-state index contributed by atoms with van der Waals surface area (Å²) in [5.41, 5.74) is 4.46. The average molecular weight is 358 g/mol. The van der Waals surface area contributed by atoms with Gasteiger partial charge in [0.2, 0.25) is 0 Å². The Bertz CT molecular complexity index is 685. The highest BCUT2D eigenvalue weighted by Gasteiger charge is 2.29. The van der Waals surface area contributed by atoms with E-state index in [-0.39, 0.29) is 37.5 Å². The molecule has 3 N–H and O–H groups in total. The number of nitrogens with two attached hydrogens (primary N) is 1. The van der Waals surface area contributed by atoms with Gasteiger partial charge in [-0.05, 0) is 29.8 Å². The molecule has 0 aliphatic rings. The predicted octanol–water partition coefficient (Wildman–Crippen LogP) is 2.78. The summed E-state index contributed by atoms with van der Waals surface area (Å²) in [5.74, 6) is -2.62. The van der Waals surface area contributed by atoms with E-state index in [9.17, 15) is 18.7 Å². The van der Waals surface area contributed by atoms with Crippen LogP contribution in [-0.2, 0) is 10.3 Å². The molecule has 2 aromatic carbocycles. The molecule has 4 nitrogen and oxygen atoms in total. The van der Waals surface area contributed by atoms with E-state index in [0.29, 0.717) is 5.56 Å². The molecule has 1 unspecified atom stereocenters. The smallest absolute Gasteiger partial charge is 0.338 e. The largest absolute Gasteiger partial charge is 0.462 e. The number of halogens is 3. The Kier molecular flexibility index (Phi) is 7.28. The monoisotopic (exact) mass is 357 g/mol. The fourth-order valence-corrected chi connectivity index (χ4v) is 2.12. The molecule has 24 heavy (non-hydrogen) atoms. The third-order valence-corrected chi connectivity index (χ3v) is 3.55. The molecule has 7 heteroatoms. The van der Waals surface area contributed by atoms with E-state index in [1.165, 1.54) is 6.07 Å². The lowest BCUT2D eigenvalue weighted by molar-refractivity contribution is 0.00565. The number of hydrogen-bond acceptors (Lipinski definition) is 4. The quantitative estimate of drug-likeness (QED) is 0.780. The summed E-state index contributed by atoms with van der Waals surface area (Å²) in [6, 6.07) is 11.4. The summed E-state index contributed by atoms with van der Waals surface area (Å²) < 4.78 is 31.4. The second-order valence-corrected chi connectivity index (χ2v) is 5.12. The van der Waals surface area contributed by atoms with E-state index in [4.69, 9.17) is 10.5 Å². The number of hydrogen-bond donors (Lipinski definition) is 2. The molecule has 130 valence electrons. The molecular weight excluding hydrogens is 340 g/mol. The van der Waals surface area contributed by atoms with Crippen LogP contribution in [0, 0.1) is 11.6 Å². The van der Waals surface area contributed by atoms with Crippen molar-refractivity contribution in [2.75, 3.05) is 13.2 Å². The maximum absolute atomic E-state index is 13.3. The van der Waals surface area contributed by atoms with Gasteiger partial charge in [0.15, 0.2) is 11.6 Å². The summed E-state index contributed by atoms with van der Waals surface area (Å²) in [7, 11) is 0. The lowest BCUT2D eigenvalue weighted by atomic mass is 9.90. The first-order valence-electron chi connectivity index (χ1n) is 7.06. The average Bonchev–Trinajstić information content (AvgIpc) is 2.57. The van der Waals surface area contributed by atoms with Crippen molar-refractivity contribution >= 4 is 18.4 Å². The van der Waals surface area contributed by atoms with Crippen molar-refractivity contribution in [3.8, 4) is 0 Å². The third kappa shape index (κ3) is 4.74. The van der Waals surface area contributed by atoms with E-state index in [2.05, 4.69) is 0 Å². The minimum atomic E-state index is -1.61. The standard InChI is InChI=1S/C17H17F2NO3.ClH/c18-14-7-6-13(10-15(14)19)17(22,11-20)8-9-23-16(21)12-4-2-1-3-5-12;/h1-7,10,22H,8-9,11,20H2;1H. The number of ether oxygens (including phenoxy) is 1. The molecule has 0 heterocycles. The Morgan fingerprint density at radius 2 is 1.79 bits per heavy atom. The van der Waals surface area contributed by atoms with E-state index >= 15 is 0 Å². The highest BCUT2D eigenvalue weighted by molar-refractivity contribution is 5.89. The SMILES string of the molecule is Cl.NCC(O)(CCOC(=O)c1ccccc1)c1ccc(F)c(F)c1. The summed E-state index contributed by atoms with van der Waals surface area (Å²) >= 11 is 0. The van der Waals surface area contributed by atoms with Crippen LogP contribution in [0.25, 0.3) is 0 Å². The highest BCUT2D eigenvalue weighted by Crippen LogP contribution is 2.25. The molecular formula is C17H18ClF2NO3. The molecule has 0 fully saturated rings. The van der Waals surface area contributed by atoms with Gasteiger partial charge < -0.3 is 15.6 Å². The third-order valence-electron chi connectivity index (χ3n) is 3.55. The molecule has 0 saturated heterocycles. The van der Waals surface area contributed by atoms with Gasteiger partial charge in [0.05, 0.1) is 12.2 Å². The van der Waals surface area contributed by atoms with Gasteiger partial charge in [-0.1, -0.05) is 24.3 Å². The summed E-state index contributed by atoms with van der Waals surface area (Å²) in [4.78, 5) is 11.8. The van der Waals surface area contributed by atoms with Crippen molar-refractivity contribution < 1.29 is 23.4 Å². The topological polar surface area (TPSA) is 72.6 Å². The summed E-state index contributed by atoms with van der Waals surface area (Å²) in [6.45, 7) is -0.332. The van der Waals surface area contributed by atoms with Crippen molar-refractivity contribution in [1.82, 2.24) is 0 Å². The lowest BCUT2D eigenvalue weighted by Crippen LogP contribution is -2.36. The molecule has 0 bridgehead atoms. The Morgan fingerprint density at radius 3 is 2.38 bits per heavy atom. The van der Waals surface area contributed by atoms with Crippen LogP contribution in [0.4, 0.5) is 8.78 Å². The second kappa shape index (κ2) is 8.73. The Labute approximate surface area is 144 Å². The first-order chi connectivity index (χ1) is 11.0. The molecule has 0 aliphatic carbocycles. The van der Waals surface area contributed by atoms with Crippen LogP contribution in [0.1, 0.15) is 22.3 Å².